The van der Waals surface area contributed by atoms with Crippen molar-refractivity contribution < 1.29 is 4.79 Å². The average Bonchev–Trinajstić information content (AvgIpc) is 3.16. The van der Waals surface area contributed by atoms with Crippen LogP contribution in [0.1, 0.15) is 22.0 Å². The molecule has 1 unspecified atom stereocenters. The lowest BCUT2D eigenvalue weighted by Gasteiger charge is -2.17. The maximum atomic E-state index is 12.6. The summed E-state index contributed by atoms with van der Waals surface area (Å²) in [5.74, 6) is -0.0434. The van der Waals surface area contributed by atoms with Crippen LogP contribution in [0.15, 0.2) is 66.6 Å². The Hall–Kier alpha value is -2.57. The van der Waals surface area contributed by atoms with Crippen molar-refractivity contribution in [3.63, 3.8) is 0 Å². The summed E-state index contributed by atoms with van der Waals surface area (Å²) in [6.45, 7) is 1.07. The van der Waals surface area contributed by atoms with E-state index in [0.717, 1.165) is 16.0 Å². The molecule has 24 heavy (non-hydrogen) atoms. The highest BCUT2D eigenvalue weighted by atomic mass is 32.1. The minimum atomic E-state index is -0.382. The largest absolute Gasteiger partial charge is 0.350 e. The van der Waals surface area contributed by atoms with Gasteiger partial charge in [-0.25, -0.2) is 0 Å². The van der Waals surface area contributed by atoms with Gasteiger partial charge in [0.05, 0.1) is 0 Å². The van der Waals surface area contributed by atoms with Gasteiger partial charge in [0.2, 0.25) is 5.91 Å². The topological polar surface area (TPSA) is 66.9 Å². The molecule has 0 saturated heterocycles. The van der Waals surface area contributed by atoms with Crippen molar-refractivity contribution in [1.29, 1.82) is 0 Å². The first-order valence-electron chi connectivity index (χ1n) is 7.65. The highest BCUT2D eigenvalue weighted by Crippen LogP contribution is 2.20. The van der Waals surface area contributed by atoms with Crippen LogP contribution in [0.2, 0.25) is 0 Å². The van der Waals surface area contributed by atoms with Gasteiger partial charge in [-0.05, 0) is 40.8 Å². The Morgan fingerprint density at radius 3 is 2.58 bits per heavy atom. The Bertz CT molecular complexity index is 747. The standard InChI is InChI=1S/C18H18N4OS/c23-18(22-12-14-5-8-19-9-6-14)17(16-4-2-10-24-16)21-13-15-3-1-7-20-11-15/h1-11,17,21H,12-13H2,(H,22,23). The number of carbonyl (C=O) groups is 1. The van der Waals surface area contributed by atoms with E-state index in [1.165, 1.54) is 0 Å². The van der Waals surface area contributed by atoms with Gasteiger partial charge in [0.25, 0.3) is 0 Å². The molecule has 122 valence electrons. The Kier molecular flexibility index (Phi) is 5.65. The van der Waals surface area contributed by atoms with Crippen molar-refractivity contribution in [3.8, 4) is 0 Å². The van der Waals surface area contributed by atoms with Crippen LogP contribution in [0.25, 0.3) is 0 Å². The number of hydrogen-bond donors (Lipinski definition) is 2. The summed E-state index contributed by atoms with van der Waals surface area (Å²) in [7, 11) is 0. The quantitative estimate of drug-likeness (QED) is 0.695. The van der Waals surface area contributed by atoms with Crippen LogP contribution < -0.4 is 10.6 Å². The predicted octanol–water partition coefficient (Wildman–Crippen LogP) is 2.69. The van der Waals surface area contributed by atoms with Crippen LogP contribution in [-0.4, -0.2) is 15.9 Å². The fourth-order valence-corrected chi connectivity index (χ4v) is 3.09. The normalized spacial score (nSPS) is 11.8. The monoisotopic (exact) mass is 338 g/mol. The van der Waals surface area contributed by atoms with E-state index in [-0.39, 0.29) is 11.9 Å². The first-order chi connectivity index (χ1) is 11.8. The molecule has 3 heterocycles. The molecule has 6 heteroatoms. The van der Waals surface area contributed by atoms with Crippen molar-refractivity contribution >= 4 is 17.2 Å². The summed E-state index contributed by atoms with van der Waals surface area (Å²) in [6.07, 6.45) is 6.98. The molecule has 0 aliphatic heterocycles. The van der Waals surface area contributed by atoms with Gasteiger partial charge >= 0.3 is 0 Å². The molecule has 1 amide bonds. The van der Waals surface area contributed by atoms with Crippen LogP contribution in [0, 0.1) is 0 Å². The van der Waals surface area contributed by atoms with E-state index in [1.807, 2.05) is 41.8 Å². The molecule has 0 fully saturated rings. The van der Waals surface area contributed by atoms with E-state index in [9.17, 15) is 4.79 Å². The van der Waals surface area contributed by atoms with Crippen LogP contribution in [0.4, 0.5) is 0 Å². The number of nitrogens with one attached hydrogen (secondary N) is 2. The first kappa shape index (κ1) is 16.3. The zero-order valence-corrected chi connectivity index (χ0v) is 13.9. The summed E-state index contributed by atoms with van der Waals surface area (Å²) < 4.78 is 0. The number of nitrogens with zero attached hydrogens (tertiary/aromatic N) is 2. The van der Waals surface area contributed by atoms with Crippen LogP contribution >= 0.6 is 11.3 Å². The molecular formula is C18H18N4OS. The fourth-order valence-electron chi connectivity index (χ4n) is 2.29. The van der Waals surface area contributed by atoms with Gasteiger partial charge in [-0.15, -0.1) is 11.3 Å². The Balaban J connectivity index is 1.64. The van der Waals surface area contributed by atoms with E-state index >= 15 is 0 Å². The summed E-state index contributed by atoms with van der Waals surface area (Å²) >= 11 is 1.57. The average molecular weight is 338 g/mol. The Morgan fingerprint density at radius 1 is 1.00 bits per heavy atom. The molecule has 2 N–H and O–H groups in total. The van der Waals surface area contributed by atoms with E-state index in [1.54, 1.807) is 36.1 Å². The smallest absolute Gasteiger partial charge is 0.242 e. The minimum Gasteiger partial charge on any atom is -0.350 e. The lowest BCUT2D eigenvalue weighted by Crippen LogP contribution is -2.36. The van der Waals surface area contributed by atoms with Gasteiger partial charge < -0.3 is 5.32 Å². The van der Waals surface area contributed by atoms with Crippen molar-refractivity contribution in [1.82, 2.24) is 20.6 Å². The maximum Gasteiger partial charge on any atom is 0.242 e. The second-order valence-electron chi connectivity index (χ2n) is 5.26. The molecule has 0 aliphatic carbocycles. The van der Waals surface area contributed by atoms with Gasteiger partial charge in [0.15, 0.2) is 0 Å². The molecule has 0 aromatic carbocycles. The zero-order valence-electron chi connectivity index (χ0n) is 13.1. The molecule has 3 rings (SSSR count). The molecule has 0 aliphatic rings. The minimum absolute atomic E-state index is 0.0434. The Labute approximate surface area is 144 Å². The highest BCUT2D eigenvalue weighted by molar-refractivity contribution is 7.10. The van der Waals surface area contributed by atoms with Crippen LogP contribution in [0.5, 0.6) is 0 Å². The van der Waals surface area contributed by atoms with E-state index in [4.69, 9.17) is 0 Å². The number of hydrogen-bond acceptors (Lipinski definition) is 5. The molecule has 0 spiro atoms. The van der Waals surface area contributed by atoms with Crippen molar-refractivity contribution in [2.45, 2.75) is 19.1 Å². The third-order valence-electron chi connectivity index (χ3n) is 3.54. The van der Waals surface area contributed by atoms with Gasteiger partial charge in [-0.2, -0.15) is 0 Å². The lowest BCUT2D eigenvalue weighted by atomic mass is 10.2. The molecule has 1 atom stereocenters. The number of aromatic nitrogens is 2. The van der Waals surface area contributed by atoms with Gasteiger partial charge in [-0.3, -0.25) is 20.1 Å². The molecular weight excluding hydrogens is 320 g/mol. The van der Waals surface area contributed by atoms with E-state index < -0.39 is 0 Å². The molecule has 0 radical (unpaired) electrons. The van der Waals surface area contributed by atoms with Crippen molar-refractivity contribution in [2.24, 2.45) is 0 Å². The molecule has 5 nitrogen and oxygen atoms in total. The predicted molar refractivity (Wildman–Crippen MR) is 94.2 cm³/mol. The fraction of sp³-hybridized carbons (Fsp3) is 0.167. The number of carbonyl (C=O) groups excluding carboxylic acids is 1. The van der Waals surface area contributed by atoms with Crippen molar-refractivity contribution in [2.75, 3.05) is 0 Å². The molecule has 3 aromatic rings. The van der Waals surface area contributed by atoms with Crippen molar-refractivity contribution in [3.05, 3.63) is 82.6 Å². The second-order valence-corrected chi connectivity index (χ2v) is 6.24. The van der Waals surface area contributed by atoms with E-state index in [0.29, 0.717) is 13.1 Å². The maximum absolute atomic E-state index is 12.6. The van der Waals surface area contributed by atoms with Gasteiger partial charge in [-0.1, -0.05) is 12.1 Å². The molecule has 0 bridgehead atoms. The molecule has 3 aromatic heterocycles. The summed E-state index contributed by atoms with van der Waals surface area (Å²) in [5, 5.41) is 8.28. The number of thiophene rings is 1. The van der Waals surface area contributed by atoms with Crippen LogP contribution in [-0.2, 0) is 17.9 Å². The molecule has 0 saturated carbocycles. The highest BCUT2D eigenvalue weighted by Gasteiger charge is 2.20. The summed E-state index contributed by atoms with van der Waals surface area (Å²) in [4.78, 5) is 21.7. The third kappa shape index (κ3) is 4.47. The number of pyridine rings is 2. The van der Waals surface area contributed by atoms with Gasteiger partial charge in [0.1, 0.15) is 6.04 Å². The SMILES string of the molecule is O=C(NCc1ccncc1)C(NCc1cccnc1)c1cccs1. The zero-order chi connectivity index (χ0) is 16.6. The lowest BCUT2D eigenvalue weighted by molar-refractivity contribution is -0.123. The van der Waals surface area contributed by atoms with Crippen LogP contribution in [0.3, 0.4) is 0 Å². The van der Waals surface area contributed by atoms with E-state index in [2.05, 4.69) is 20.6 Å². The second kappa shape index (κ2) is 8.33. The third-order valence-corrected chi connectivity index (χ3v) is 4.48. The summed E-state index contributed by atoms with van der Waals surface area (Å²) in [6, 6.07) is 11.2. The number of rotatable bonds is 7. The first-order valence-corrected chi connectivity index (χ1v) is 8.53. The summed E-state index contributed by atoms with van der Waals surface area (Å²) in [5.41, 5.74) is 2.07. The number of amides is 1. The van der Waals surface area contributed by atoms with Gasteiger partial charge in [0, 0.05) is 42.8 Å². The Morgan fingerprint density at radius 2 is 1.88 bits per heavy atom.